The third-order valence-corrected chi connectivity index (χ3v) is 3.39. The summed E-state index contributed by atoms with van der Waals surface area (Å²) in [5, 5.41) is 11.3. The lowest BCUT2D eigenvalue weighted by Crippen LogP contribution is -2.53. The summed E-state index contributed by atoms with van der Waals surface area (Å²) in [6.45, 7) is 1.05. The second-order valence-corrected chi connectivity index (χ2v) is 6.25. The highest BCUT2D eigenvalue weighted by molar-refractivity contribution is 7.88. The molecule has 1 fully saturated rings. The number of carboxylic acids is 1. The topological polar surface area (TPSA) is 125 Å². The largest absolute Gasteiger partial charge is 0.481 e. The molecule has 1 saturated heterocycles. The number of aliphatic carboxylic acids is 1. The first-order valence-corrected chi connectivity index (χ1v) is 7.97. The molecule has 1 atom stereocenters. The summed E-state index contributed by atoms with van der Waals surface area (Å²) >= 11 is 0. The molecule has 1 aliphatic heterocycles. The molecule has 1 unspecified atom stereocenters. The lowest BCUT2D eigenvalue weighted by Gasteiger charge is -2.34. The fourth-order valence-corrected chi connectivity index (χ4v) is 2.27. The zero-order chi connectivity index (χ0) is 15.2. The maximum absolute atomic E-state index is 11.9. The van der Waals surface area contributed by atoms with Gasteiger partial charge in [-0.2, -0.15) is 0 Å². The number of hydrogen-bond acceptors (Lipinski definition) is 5. The number of hydrogen-bond donors (Lipinski definition) is 3. The molecule has 0 aliphatic carbocycles. The van der Waals surface area contributed by atoms with Gasteiger partial charge < -0.3 is 20.1 Å². The van der Waals surface area contributed by atoms with Gasteiger partial charge in [0.2, 0.25) is 10.0 Å². The van der Waals surface area contributed by atoms with Gasteiger partial charge in [-0.3, -0.25) is 4.79 Å². The van der Waals surface area contributed by atoms with Crippen LogP contribution in [0.4, 0.5) is 4.79 Å². The number of carbonyl (C=O) groups excluding carboxylic acids is 1. The summed E-state index contributed by atoms with van der Waals surface area (Å²) in [5.74, 6) is -1.00. The highest BCUT2D eigenvalue weighted by Crippen LogP contribution is 2.10. The first-order valence-electron chi connectivity index (χ1n) is 6.08. The molecule has 0 aromatic carbocycles. The SMILES string of the molecule is CS(=O)(=O)NCCNC(=O)N1CCOCC1CC(=O)O. The number of ether oxygens (including phenoxy) is 1. The minimum atomic E-state index is -3.29. The molecule has 20 heavy (non-hydrogen) atoms. The van der Waals surface area contributed by atoms with Crippen LogP contribution >= 0.6 is 0 Å². The number of carbonyl (C=O) groups is 2. The first-order chi connectivity index (χ1) is 9.29. The summed E-state index contributed by atoms with van der Waals surface area (Å²) in [4.78, 5) is 24.0. The van der Waals surface area contributed by atoms with Crippen LogP contribution in [-0.4, -0.2) is 75.6 Å². The van der Waals surface area contributed by atoms with Gasteiger partial charge in [-0.05, 0) is 0 Å². The Balaban J connectivity index is 2.41. The van der Waals surface area contributed by atoms with E-state index in [1.807, 2.05) is 0 Å². The van der Waals surface area contributed by atoms with E-state index < -0.39 is 28.1 Å². The first kappa shape index (κ1) is 16.7. The van der Waals surface area contributed by atoms with Crippen LogP contribution < -0.4 is 10.0 Å². The predicted octanol–water partition coefficient (Wildman–Crippen LogP) is -1.58. The molecule has 0 aromatic rings. The minimum absolute atomic E-state index is 0.0819. The molecular weight excluding hydrogens is 290 g/mol. The monoisotopic (exact) mass is 309 g/mol. The van der Waals surface area contributed by atoms with E-state index in [1.54, 1.807) is 0 Å². The standard InChI is InChI=1S/C10H19N3O6S/c1-20(17,18)12-3-2-11-10(16)13-4-5-19-7-8(13)6-9(14)15/h8,12H,2-7H2,1H3,(H,11,16)(H,14,15). The number of morpholine rings is 1. The molecule has 0 saturated carbocycles. The second-order valence-electron chi connectivity index (χ2n) is 4.42. The van der Waals surface area contributed by atoms with E-state index in [0.29, 0.717) is 13.2 Å². The fraction of sp³-hybridized carbons (Fsp3) is 0.800. The summed E-state index contributed by atoms with van der Waals surface area (Å²) in [5.41, 5.74) is 0. The molecule has 9 nitrogen and oxygen atoms in total. The van der Waals surface area contributed by atoms with Gasteiger partial charge in [-0.15, -0.1) is 0 Å². The van der Waals surface area contributed by atoms with E-state index in [0.717, 1.165) is 6.26 Å². The highest BCUT2D eigenvalue weighted by atomic mass is 32.2. The Bertz CT molecular complexity index is 452. The third kappa shape index (κ3) is 6.17. The van der Waals surface area contributed by atoms with Crippen molar-refractivity contribution in [2.24, 2.45) is 0 Å². The number of rotatable bonds is 6. The van der Waals surface area contributed by atoms with E-state index in [9.17, 15) is 18.0 Å². The molecule has 0 spiro atoms. The minimum Gasteiger partial charge on any atom is -0.481 e. The average Bonchev–Trinajstić information content (AvgIpc) is 2.33. The van der Waals surface area contributed by atoms with Crippen molar-refractivity contribution in [3.63, 3.8) is 0 Å². The van der Waals surface area contributed by atoms with Crippen molar-refractivity contribution in [2.75, 3.05) is 39.1 Å². The molecule has 0 radical (unpaired) electrons. The van der Waals surface area contributed by atoms with Gasteiger partial charge in [0, 0.05) is 19.6 Å². The van der Waals surface area contributed by atoms with Crippen molar-refractivity contribution in [2.45, 2.75) is 12.5 Å². The molecule has 10 heteroatoms. The number of sulfonamides is 1. The van der Waals surface area contributed by atoms with Crippen molar-refractivity contribution < 1.29 is 27.9 Å². The smallest absolute Gasteiger partial charge is 0.317 e. The van der Waals surface area contributed by atoms with E-state index in [2.05, 4.69) is 10.0 Å². The van der Waals surface area contributed by atoms with Gasteiger partial charge in [-0.25, -0.2) is 17.9 Å². The summed E-state index contributed by atoms with van der Waals surface area (Å²) in [6, 6.07) is -0.932. The van der Waals surface area contributed by atoms with Crippen LogP contribution in [0, 0.1) is 0 Å². The highest BCUT2D eigenvalue weighted by Gasteiger charge is 2.28. The lowest BCUT2D eigenvalue weighted by atomic mass is 10.1. The van der Waals surface area contributed by atoms with Crippen LogP contribution in [0.1, 0.15) is 6.42 Å². The second kappa shape index (κ2) is 7.41. The summed E-state index contributed by atoms with van der Waals surface area (Å²) < 4.78 is 29.1. The van der Waals surface area contributed by atoms with Crippen LogP contribution in [-0.2, 0) is 19.6 Å². The number of carboxylic acid groups (broad SMARTS) is 1. The number of urea groups is 1. The van der Waals surface area contributed by atoms with E-state index in [1.165, 1.54) is 4.90 Å². The van der Waals surface area contributed by atoms with Crippen LogP contribution in [0.15, 0.2) is 0 Å². The van der Waals surface area contributed by atoms with Gasteiger partial charge in [0.1, 0.15) is 0 Å². The number of nitrogens with one attached hydrogen (secondary N) is 2. The molecular formula is C10H19N3O6S. The number of amides is 2. The molecule has 116 valence electrons. The van der Waals surface area contributed by atoms with Crippen molar-refractivity contribution in [1.82, 2.24) is 14.9 Å². The summed E-state index contributed by atoms with van der Waals surface area (Å²) in [6.07, 6.45) is 0.842. The van der Waals surface area contributed by atoms with E-state index in [-0.39, 0.29) is 26.1 Å². The zero-order valence-corrected chi connectivity index (χ0v) is 12.0. The van der Waals surface area contributed by atoms with Crippen LogP contribution in [0.5, 0.6) is 0 Å². The quantitative estimate of drug-likeness (QED) is 0.509. The maximum Gasteiger partial charge on any atom is 0.317 e. The molecule has 0 bridgehead atoms. The number of nitrogens with zero attached hydrogens (tertiary/aromatic N) is 1. The summed E-state index contributed by atoms with van der Waals surface area (Å²) in [7, 11) is -3.29. The van der Waals surface area contributed by atoms with Crippen LogP contribution in [0.3, 0.4) is 0 Å². The zero-order valence-electron chi connectivity index (χ0n) is 11.2. The van der Waals surface area contributed by atoms with Gasteiger partial charge in [0.15, 0.2) is 0 Å². The molecule has 3 N–H and O–H groups in total. The molecule has 2 amide bonds. The van der Waals surface area contributed by atoms with Crippen LogP contribution in [0.25, 0.3) is 0 Å². The normalized spacial score (nSPS) is 19.6. The third-order valence-electron chi connectivity index (χ3n) is 2.66. The van der Waals surface area contributed by atoms with Gasteiger partial charge in [0.25, 0.3) is 0 Å². The van der Waals surface area contributed by atoms with Crippen LogP contribution in [0.2, 0.25) is 0 Å². The molecule has 1 heterocycles. The van der Waals surface area contributed by atoms with Crippen molar-refractivity contribution >= 4 is 22.0 Å². The van der Waals surface area contributed by atoms with Crippen molar-refractivity contribution in [3.8, 4) is 0 Å². The Morgan fingerprint density at radius 1 is 1.40 bits per heavy atom. The van der Waals surface area contributed by atoms with E-state index >= 15 is 0 Å². The predicted molar refractivity (Wildman–Crippen MR) is 69.8 cm³/mol. The Morgan fingerprint density at radius 3 is 2.70 bits per heavy atom. The Hall–Kier alpha value is -1.39. The average molecular weight is 309 g/mol. The Morgan fingerprint density at radius 2 is 2.10 bits per heavy atom. The van der Waals surface area contributed by atoms with E-state index in [4.69, 9.17) is 9.84 Å². The molecule has 1 aliphatic rings. The van der Waals surface area contributed by atoms with Crippen molar-refractivity contribution in [3.05, 3.63) is 0 Å². The van der Waals surface area contributed by atoms with Crippen molar-refractivity contribution in [1.29, 1.82) is 0 Å². The Labute approximate surface area is 117 Å². The molecule has 1 rings (SSSR count). The molecule has 0 aromatic heterocycles. The van der Waals surface area contributed by atoms with Gasteiger partial charge in [0.05, 0.1) is 31.9 Å². The maximum atomic E-state index is 11.9. The van der Waals surface area contributed by atoms with Gasteiger partial charge in [-0.1, -0.05) is 0 Å². The van der Waals surface area contributed by atoms with Gasteiger partial charge >= 0.3 is 12.0 Å². The fourth-order valence-electron chi connectivity index (χ4n) is 1.80. The Kier molecular flexibility index (Phi) is 6.17. The lowest BCUT2D eigenvalue weighted by molar-refractivity contribution is -0.139.